The van der Waals surface area contributed by atoms with Crippen LogP contribution in [0, 0.1) is 11.6 Å². The third-order valence-corrected chi connectivity index (χ3v) is 4.18. The van der Waals surface area contributed by atoms with Crippen LogP contribution in [0.3, 0.4) is 0 Å². The summed E-state index contributed by atoms with van der Waals surface area (Å²) < 4.78 is 32.2. The van der Waals surface area contributed by atoms with Crippen molar-refractivity contribution < 1.29 is 18.3 Å². The van der Waals surface area contributed by atoms with Crippen molar-refractivity contribution in [3.8, 4) is 5.75 Å². The molecule has 0 bridgehead atoms. The van der Waals surface area contributed by atoms with E-state index in [1.165, 1.54) is 13.0 Å². The van der Waals surface area contributed by atoms with Crippen molar-refractivity contribution in [3.63, 3.8) is 0 Å². The summed E-state index contributed by atoms with van der Waals surface area (Å²) in [4.78, 5) is 12.2. The minimum absolute atomic E-state index is 0.178. The first-order chi connectivity index (χ1) is 11.3. The second-order valence-corrected chi connectivity index (χ2v) is 5.99. The van der Waals surface area contributed by atoms with E-state index < -0.39 is 29.7 Å². The molecular weight excluding hydrogens is 359 g/mol. The molecule has 0 saturated heterocycles. The molecule has 0 aliphatic rings. The van der Waals surface area contributed by atoms with Gasteiger partial charge in [0.25, 0.3) is 5.91 Å². The van der Waals surface area contributed by atoms with Gasteiger partial charge in [0.1, 0.15) is 22.4 Å². The Balaban J connectivity index is 2.04. The van der Waals surface area contributed by atoms with Crippen LogP contribution in [0.1, 0.15) is 25.5 Å². The third-order valence-electron chi connectivity index (χ3n) is 3.38. The van der Waals surface area contributed by atoms with Crippen LogP contribution in [0.5, 0.6) is 5.75 Å². The molecule has 24 heavy (non-hydrogen) atoms. The molecular formula is C17H15Cl2F2NO2. The summed E-state index contributed by atoms with van der Waals surface area (Å²) in [6.07, 6.45) is -0.882. The second kappa shape index (κ2) is 7.81. The number of amides is 1. The van der Waals surface area contributed by atoms with Gasteiger partial charge in [-0.05, 0) is 32.0 Å². The van der Waals surface area contributed by atoms with Gasteiger partial charge in [0.2, 0.25) is 0 Å². The van der Waals surface area contributed by atoms with E-state index in [0.717, 1.165) is 12.1 Å². The quantitative estimate of drug-likeness (QED) is 0.807. The summed E-state index contributed by atoms with van der Waals surface area (Å²) >= 11 is 11.9. The second-order valence-electron chi connectivity index (χ2n) is 5.21. The number of ether oxygens (including phenoxy) is 1. The molecule has 0 aliphatic carbocycles. The van der Waals surface area contributed by atoms with Crippen LogP contribution >= 0.6 is 23.2 Å². The number of halogens is 4. The molecule has 0 aliphatic heterocycles. The highest BCUT2D eigenvalue weighted by Crippen LogP contribution is 2.32. The summed E-state index contributed by atoms with van der Waals surface area (Å²) in [7, 11) is 0. The van der Waals surface area contributed by atoms with E-state index in [1.807, 2.05) is 0 Å². The molecule has 0 saturated carbocycles. The van der Waals surface area contributed by atoms with Crippen LogP contribution in [0.25, 0.3) is 0 Å². The maximum atomic E-state index is 13.7. The maximum absolute atomic E-state index is 13.7. The Kier molecular flexibility index (Phi) is 6.02. The number of nitrogens with one attached hydrogen (secondary N) is 1. The largest absolute Gasteiger partial charge is 0.479 e. The Morgan fingerprint density at radius 3 is 2.54 bits per heavy atom. The summed E-state index contributed by atoms with van der Waals surface area (Å²) in [6.45, 7) is 3.12. The van der Waals surface area contributed by atoms with Gasteiger partial charge in [-0.15, -0.1) is 0 Å². The third kappa shape index (κ3) is 4.36. The standard InChI is InChI=1S/C17H15Cl2F2NO2/c1-9(12-7-6-11(20)8-14(12)21)22-17(23)10(2)24-15-5-3-4-13(18)16(15)19/h3-10H,1-2H3,(H,22,23). The highest BCUT2D eigenvalue weighted by Gasteiger charge is 2.21. The van der Waals surface area contributed by atoms with Crippen molar-refractivity contribution >= 4 is 29.1 Å². The normalized spacial score (nSPS) is 13.2. The summed E-state index contributed by atoms with van der Waals surface area (Å²) in [5, 5.41) is 3.12. The lowest BCUT2D eigenvalue weighted by Crippen LogP contribution is -2.38. The van der Waals surface area contributed by atoms with Gasteiger partial charge in [-0.1, -0.05) is 35.3 Å². The fourth-order valence-electron chi connectivity index (χ4n) is 2.08. The molecule has 2 unspecified atom stereocenters. The number of hydrogen-bond acceptors (Lipinski definition) is 2. The van der Waals surface area contributed by atoms with E-state index >= 15 is 0 Å². The van der Waals surface area contributed by atoms with Gasteiger partial charge in [0.15, 0.2) is 6.10 Å². The van der Waals surface area contributed by atoms with Crippen molar-refractivity contribution in [2.45, 2.75) is 26.0 Å². The molecule has 0 heterocycles. The van der Waals surface area contributed by atoms with Crippen LogP contribution in [0.15, 0.2) is 36.4 Å². The Morgan fingerprint density at radius 1 is 1.17 bits per heavy atom. The minimum Gasteiger partial charge on any atom is -0.479 e. The van der Waals surface area contributed by atoms with Gasteiger partial charge in [0, 0.05) is 11.6 Å². The number of benzene rings is 2. The predicted molar refractivity (Wildman–Crippen MR) is 89.5 cm³/mol. The number of carbonyl (C=O) groups is 1. The lowest BCUT2D eigenvalue weighted by molar-refractivity contribution is -0.127. The lowest BCUT2D eigenvalue weighted by Gasteiger charge is -2.20. The molecule has 0 spiro atoms. The van der Waals surface area contributed by atoms with Gasteiger partial charge < -0.3 is 10.1 Å². The predicted octanol–water partition coefficient (Wildman–Crippen LogP) is 4.92. The molecule has 1 amide bonds. The molecule has 2 atom stereocenters. The SMILES string of the molecule is CC(Oc1cccc(Cl)c1Cl)C(=O)NC(C)c1ccc(F)cc1F. The van der Waals surface area contributed by atoms with Crippen molar-refractivity contribution in [2.24, 2.45) is 0 Å². The van der Waals surface area contributed by atoms with Gasteiger partial charge >= 0.3 is 0 Å². The van der Waals surface area contributed by atoms with E-state index in [2.05, 4.69) is 5.32 Å². The minimum atomic E-state index is -0.882. The maximum Gasteiger partial charge on any atom is 0.261 e. The van der Waals surface area contributed by atoms with Crippen LogP contribution < -0.4 is 10.1 Å². The average Bonchev–Trinajstić information content (AvgIpc) is 2.51. The van der Waals surface area contributed by atoms with E-state index in [4.69, 9.17) is 27.9 Å². The Labute approximate surface area is 148 Å². The molecule has 3 nitrogen and oxygen atoms in total. The van der Waals surface area contributed by atoms with E-state index in [1.54, 1.807) is 25.1 Å². The topological polar surface area (TPSA) is 38.3 Å². The van der Waals surface area contributed by atoms with E-state index in [0.29, 0.717) is 5.02 Å². The zero-order valence-electron chi connectivity index (χ0n) is 12.9. The molecule has 2 aromatic rings. The van der Waals surface area contributed by atoms with Crippen LogP contribution in [-0.4, -0.2) is 12.0 Å². The molecule has 7 heteroatoms. The van der Waals surface area contributed by atoms with Crippen LogP contribution in [0.2, 0.25) is 10.0 Å². The number of carbonyl (C=O) groups excluding carboxylic acids is 1. The smallest absolute Gasteiger partial charge is 0.261 e. The molecule has 0 radical (unpaired) electrons. The van der Waals surface area contributed by atoms with Gasteiger partial charge in [-0.2, -0.15) is 0 Å². The van der Waals surface area contributed by atoms with E-state index in [-0.39, 0.29) is 16.3 Å². The Morgan fingerprint density at radius 2 is 1.88 bits per heavy atom. The van der Waals surface area contributed by atoms with Gasteiger partial charge in [0.05, 0.1) is 11.1 Å². The first-order valence-corrected chi connectivity index (χ1v) is 7.91. The summed E-state index contributed by atoms with van der Waals surface area (Å²) in [6, 6.07) is 7.36. The van der Waals surface area contributed by atoms with Crippen molar-refractivity contribution in [2.75, 3.05) is 0 Å². The van der Waals surface area contributed by atoms with Crippen LogP contribution in [-0.2, 0) is 4.79 Å². The number of rotatable bonds is 5. The molecule has 0 fully saturated rings. The van der Waals surface area contributed by atoms with Crippen molar-refractivity contribution in [1.82, 2.24) is 5.32 Å². The summed E-state index contributed by atoms with van der Waals surface area (Å²) in [5.41, 5.74) is 0.178. The van der Waals surface area contributed by atoms with Gasteiger partial charge in [-0.3, -0.25) is 4.79 Å². The van der Waals surface area contributed by atoms with E-state index in [9.17, 15) is 13.6 Å². The molecule has 2 rings (SSSR count). The fourth-order valence-corrected chi connectivity index (χ4v) is 2.42. The first kappa shape index (κ1) is 18.5. The number of hydrogen-bond donors (Lipinski definition) is 1. The van der Waals surface area contributed by atoms with Gasteiger partial charge in [-0.25, -0.2) is 8.78 Å². The molecule has 128 valence electrons. The average molecular weight is 374 g/mol. The lowest BCUT2D eigenvalue weighted by atomic mass is 10.1. The highest BCUT2D eigenvalue weighted by molar-refractivity contribution is 6.42. The fraction of sp³-hybridized carbons (Fsp3) is 0.235. The summed E-state index contributed by atoms with van der Waals surface area (Å²) in [5.74, 6) is -1.61. The van der Waals surface area contributed by atoms with Crippen LogP contribution in [0.4, 0.5) is 8.78 Å². The molecule has 0 aromatic heterocycles. The zero-order valence-corrected chi connectivity index (χ0v) is 14.5. The molecule has 1 N–H and O–H groups in total. The van der Waals surface area contributed by atoms with Crippen molar-refractivity contribution in [3.05, 3.63) is 63.6 Å². The zero-order chi connectivity index (χ0) is 17.9. The Bertz CT molecular complexity index is 755. The monoisotopic (exact) mass is 373 g/mol. The van der Waals surface area contributed by atoms with Crippen molar-refractivity contribution in [1.29, 1.82) is 0 Å². The first-order valence-electron chi connectivity index (χ1n) is 7.15. The highest BCUT2D eigenvalue weighted by atomic mass is 35.5. The Hall–Kier alpha value is -1.85. The molecule has 2 aromatic carbocycles.